The van der Waals surface area contributed by atoms with E-state index < -0.39 is 11.2 Å². The lowest BCUT2D eigenvalue weighted by Gasteiger charge is -2.45. The third-order valence-corrected chi connectivity index (χ3v) is 6.72. The highest BCUT2D eigenvalue weighted by Crippen LogP contribution is 2.34. The number of β-amino-alcohol motifs (C(OH)–C–C–N with tert-alkyl or cyclic N) is 1. The van der Waals surface area contributed by atoms with Crippen molar-refractivity contribution in [3.8, 4) is 0 Å². The van der Waals surface area contributed by atoms with E-state index in [4.69, 9.17) is 0 Å². The molecule has 1 aromatic rings. The maximum Gasteiger partial charge on any atom is 0.255 e. The van der Waals surface area contributed by atoms with Crippen molar-refractivity contribution in [2.24, 2.45) is 5.92 Å². The fourth-order valence-electron chi connectivity index (χ4n) is 4.72. The number of pyridine rings is 1. The molecule has 0 radical (unpaired) electrons. The standard InChI is InChI=1S/C21H31N3O3/c25-19-21(27,8-4-12-24(19)15-17-5-3-6-17)16-23-13-9-20(26,10-14-23)18-7-1-2-11-22-18/h1-2,7,11,17,26-27H,3-6,8-10,12-16H2/t21-/m0/s1. The van der Waals surface area contributed by atoms with E-state index in [0.29, 0.717) is 50.5 Å². The lowest BCUT2D eigenvalue weighted by atomic mass is 9.83. The van der Waals surface area contributed by atoms with Crippen LogP contribution < -0.4 is 0 Å². The van der Waals surface area contributed by atoms with Crippen LogP contribution in [-0.2, 0) is 10.4 Å². The molecule has 1 amide bonds. The Balaban J connectivity index is 1.35. The predicted molar refractivity (Wildman–Crippen MR) is 102 cm³/mol. The highest BCUT2D eigenvalue weighted by Gasteiger charge is 2.45. The summed E-state index contributed by atoms with van der Waals surface area (Å²) < 4.78 is 0. The molecule has 27 heavy (non-hydrogen) atoms. The highest BCUT2D eigenvalue weighted by molar-refractivity contribution is 5.86. The fraction of sp³-hybridized carbons (Fsp3) is 0.714. The van der Waals surface area contributed by atoms with Gasteiger partial charge in [-0.2, -0.15) is 0 Å². The van der Waals surface area contributed by atoms with Crippen LogP contribution in [0.1, 0.15) is 50.6 Å². The zero-order valence-corrected chi connectivity index (χ0v) is 16.0. The maximum absolute atomic E-state index is 12.9. The average molecular weight is 373 g/mol. The SMILES string of the molecule is O=C1N(CC2CCC2)CCC[C@]1(O)CN1CCC(O)(c2ccccn2)CC1. The molecule has 1 saturated carbocycles. The fourth-order valence-corrected chi connectivity index (χ4v) is 4.72. The Kier molecular flexibility index (Phi) is 5.23. The van der Waals surface area contributed by atoms with Gasteiger partial charge >= 0.3 is 0 Å². The van der Waals surface area contributed by atoms with E-state index in [1.165, 1.54) is 19.3 Å². The molecule has 0 spiro atoms. The molecule has 3 aliphatic rings. The molecule has 0 unspecified atom stereocenters. The van der Waals surface area contributed by atoms with Gasteiger partial charge in [0.15, 0.2) is 5.60 Å². The van der Waals surface area contributed by atoms with Gasteiger partial charge in [-0.25, -0.2) is 0 Å². The monoisotopic (exact) mass is 373 g/mol. The largest absolute Gasteiger partial charge is 0.383 e. The molecule has 1 atom stereocenters. The summed E-state index contributed by atoms with van der Waals surface area (Å²) in [5.74, 6) is 0.533. The van der Waals surface area contributed by atoms with E-state index in [9.17, 15) is 15.0 Å². The summed E-state index contributed by atoms with van der Waals surface area (Å²) in [6, 6.07) is 5.61. The van der Waals surface area contributed by atoms with Gasteiger partial charge in [0.25, 0.3) is 5.91 Å². The van der Waals surface area contributed by atoms with E-state index in [0.717, 1.165) is 19.5 Å². The van der Waals surface area contributed by atoms with E-state index >= 15 is 0 Å². The van der Waals surface area contributed by atoms with Crippen molar-refractivity contribution in [2.75, 3.05) is 32.7 Å². The van der Waals surface area contributed by atoms with E-state index in [2.05, 4.69) is 9.88 Å². The van der Waals surface area contributed by atoms with Gasteiger partial charge in [-0.05, 0) is 56.6 Å². The van der Waals surface area contributed by atoms with Crippen LogP contribution in [0.15, 0.2) is 24.4 Å². The molecule has 6 nitrogen and oxygen atoms in total. The number of carbonyl (C=O) groups is 1. The van der Waals surface area contributed by atoms with Crippen molar-refractivity contribution in [3.63, 3.8) is 0 Å². The van der Waals surface area contributed by atoms with Gasteiger partial charge in [-0.15, -0.1) is 0 Å². The predicted octanol–water partition coefficient (Wildman–Crippen LogP) is 1.52. The van der Waals surface area contributed by atoms with Gasteiger partial charge in [0.05, 0.1) is 5.69 Å². The number of likely N-dealkylation sites (tertiary alicyclic amines) is 2. The molecule has 2 aliphatic heterocycles. The topological polar surface area (TPSA) is 76.9 Å². The summed E-state index contributed by atoms with van der Waals surface area (Å²) in [6.07, 6.45) is 7.93. The lowest BCUT2D eigenvalue weighted by molar-refractivity contribution is -0.162. The van der Waals surface area contributed by atoms with Crippen LogP contribution in [-0.4, -0.2) is 69.2 Å². The van der Waals surface area contributed by atoms with Crippen LogP contribution in [0.25, 0.3) is 0 Å². The Hall–Kier alpha value is -1.50. The molecule has 3 heterocycles. The molecule has 1 aromatic heterocycles. The maximum atomic E-state index is 12.9. The Labute approximate surface area is 161 Å². The van der Waals surface area contributed by atoms with Crippen LogP contribution in [0.5, 0.6) is 0 Å². The molecular weight excluding hydrogens is 342 g/mol. The summed E-state index contributed by atoms with van der Waals surface area (Å²) in [7, 11) is 0. The van der Waals surface area contributed by atoms with E-state index in [-0.39, 0.29) is 5.91 Å². The average Bonchev–Trinajstić information content (AvgIpc) is 2.64. The third-order valence-electron chi connectivity index (χ3n) is 6.72. The number of aromatic nitrogens is 1. The first-order valence-electron chi connectivity index (χ1n) is 10.4. The molecule has 3 fully saturated rings. The van der Waals surface area contributed by atoms with Crippen LogP contribution in [0, 0.1) is 5.92 Å². The van der Waals surface area contributed by atoms with Gasteiger partial charge in [0, 0.05) is 38.9 Å². The summed E-state index contributed by atoms with van der Waals surface area (Å²) in [5.41, 5.74) is -1.47. The summed E-state index contributed by atoms with van der Waals surface area (Å²) in [4.78, 5) is 21.3. The normalized spacial score (nSPS) is 29.6. The number of amides is 1. The van der Waals surface area contributed by atoms with Crippen molar-refractivity contribution in [1.82, 2.24) is 14.8 Å². The summed E-state index contributed by atoms with van der Waals surface area (Å²) in [6.45, 7) is 3.26. The zero-order valence-electron chi connectivity index (χ0n) is 16.0. The zero-order chi connectivity index (χ0) is 18.9. The van der Waals surface area contributed by atoms with E-state index in [1.54, 1.807) is 6.20 Å². The Morgan fingerprint density at radius 2 is 1.85 bits per heavy atom. The first kappa shape index (κ1) is 18.8. The second kappa shape index (κ2) is 7.49. The van der Waals surface area contributed by atoms with Gasteiger partial charge in [-0.3, -0.25) is 14.7 Å². The van der Waals surface area contributed by atoms with Crippen molar-refractivity contribution < 1.29 is 15.0 Å². The van der Waals surface area contributed by atoms with Crippen molar-refractivity contribution >= 4 is 5.91 Å². The van der Waals surface area contributed by atoms with Crippen LogP contribution in [0.2, 0.25) is 0 Å². The van der Waals surface area contributed by atoms with Crippen LogP contribution >= 0.6 is 0 Å². The second-order valence-electron chi connectivity index (χ2n) is 8.71. The van der Waals surface area contributed by atoms with E-state index in [1.807, 2.05) is 23.1 Å². The van der Waals surface area contributed by atoms with Crippen LogP contribution in [0.3, 0.4) is 0 Å². The minimum atomic E-state index is -1.28. The number of carbonyl (C=O) groups excluding carboxylic acids is 1. The quantitative estimate of drug-likeness (QED) is 0.818. The summed E-state index contributed by atoms with van der Waals surface area (Å²) in [5, 5.41) is 22.0. The third kappa shape index (κ3) is 3.89. The number of hydrogen-bond donors (Lipinski definition) is 2. The number of rotatable bonds is 5. The second-order valence-corrected chi connectivity index (χ2v) is 8.71. The number of nitrogens with zero attached hydrogens (tertiary/aromatic N) is 3. The smallest absolute Gasteiger partial charge is 0.255 e. The molecule has 2 N–H and O–H groups in total. The molecule has 0 bridgehead atoms. The minimum Gasteiger partial charge on any atom is -0.383 e. The molecule has 4 rings (SSSR count). The Morgan fingerprint density at radius 1 is 1.07 bits per heavy atom. The van der Waals surface area contributed by atoms with Crippen molar-refractivity contribution in [2.45, 2.75) is 56.1 Å². The Morgan fingerprint density at radius 3 is 2.48 bits per heavy atom. The number of piperidine rings is 2. The van der Waals surface area contributed by atoms with Crippen molar-refractivity contribution in [1.29, 1.82) is 0 Å². The first-order valence-corrected chi connectivity index (χ1v) is 10.4. The van der Waals surface area contributed by atoms with Crippen LogP contribution in [0.4, 0.5) is 0 Å². The lowest BCUT2D eigenvalue weighted by Crippen LogP contribution is -2.60. The number of hydrogen-bond acceptors (Lipinski definition) is 5. The Bertz CT molecular complexity index is 656. The molecule has 0 aromatic carbocycles. The minimum absolute atomic E-state index is 0.0915. The first-order chi connectivity index (χ1) is 13.0. The van der Waals surface area contributed by atoms with Gasteiger partial charge in [0.1, 0.15) is 5.60 Å². The summed E-state index contributed by atoms with van der Waals surface area (Å²) >= 11 is 0. The van der Waals surface area contributed by atoms with Gasteiger partial charge < -0.3 is 15.1 Å². The van der Waals surface area contributed by atoms with Gasteiger partial charge in [0.2, 0.25) is 0 Å². The molecule has 6 heteroatoms. The molecule has 2 saturated heterocycles. The number of aliphatic hydroxyl groups is 2. The highest BCUT2D eigenvalue weighted by atomic mass is 16.3. The van der Waals surface area contributed by atoms with Gasteiger partial charge in [-0.1, -0.05) is 12.5 Å². The molecular formula is C21H31N3O3. The molecule has 1 aliphatic carbocycles. The van der Waals surface area contributed by atoms with Crippen molar-refractivity contribution in [3.05, 3.63) is 30.1 Å². The molecule has 148 valence electrons.